The summed E-state index contributed by atoms with van der Waals surface area (Å²) in [5, 5.41) is 11.3. The van der Waals surface area contributed by atoms with Crippen LogP contribution in [0.2, 0.25) is 10.0 Å². The van der Waals surface area contributed by atoms with Gasteiger partial charge in [-0.05, 0) is 78.6 Å². The Morgan fingerprint density at radius 3 is 2.70 bits per heavy atom. The SMILES string of the molecule is COCCCc1ccc(Cl)c(CN(C(=O)C2=C(c3ccc(OCc4cc(-c5c(F)ccc(F)c5Cl)no4)nc3)C[C@H]3CNC[C@@H]2N3)C2CC2)c1. The van der Waals surface area contributed by atoms with Crippen LogP contribution < -0.4 is 15.4 Å². The number of carbonyl (C=O) groups excluding carboxylic acids is 1. The minimum atomic E-state index is -0.759. The molecule has 2 aromatic heterocycles. The Morgan fingerprint density at radius 2 is 1.92 bits per heavy atom. The van der Waals surface area contributed by atoms with E-state index in [0.717, 1.165) is 66.6 Å². The molecule has 9 nitrogen and oxygen atoms in total. The minimum Gasteiger partial charge on any atom is -0.469 e. The van der Waals surface area contributed by atoms with E-state index < -0.39 is 11.6 Å². The van der Waals surface area contributed by atoms with Crippen LogP contribution in [0, 0.1) is 11.6 Å². The number of aromatic nitrogens is 2. The van der Waals surface area contributed by atoms with Crippen LogP contribution in [0.25, 0.3) is 16.8 Å². The van der Waals surface area contributed by atoms with Gasteiger partial charge in [0.2, 0.25) is 5.88 Å². The summed E-state index contributed by atoms with van der Waals surface area (Å²) in [5.41, 5.74) is 4.57. The summed E-state index contributed by atoms with van der Waals surface area (Å²) in [5.74, 6) is -0.859. The second-order valence-electron chi connectivity index (χ2n) is 12.9. The van der Waals surface area contributed by atoms with Crippen LogP contribution in [0.1, 0.15) is 48.1 Å². The summed E-state index contributed by atoms with van der Waals surface area (Å²) in [6, 6.07) is 13.3. The predicted octanol–water partition coefficient (Wildman–Crippen LogP) is 6.76. The van der Waals surface area contributed by atoms with Crippen molar-refractivity contribution in [2.24, 2.45) is 0 Å². The molecule has 2 aliphatic heterocycles. The molecule has 1 amide bonds. The van der Waals surface area contributed by atoms with Crippen LogP contribution in [-0.2, 0) is 29.1 Å². The number of fused-ring (bicyclic) bond motifs is 2. The van der Waals surface area contributed by atoms with Crippen molar-refractivity contribution in [3.63, 3.8) is 0 Å². The Hall–Kier alpha value is -3.87. The number of rotatable bonds is 13. The van der Waals surface area contributed by atoms with E-state index in [1.807, 2.05) is 23.1 Å². The van der Waals surface area contributed by atoms with Gasteiger partial charge in [0, 0.05) is 74.4 Å². The van der Waals surface area contributed by atoms with Crippen molar-refractivity contribution in [1.82, 2.24) is 25.7 Å². The molecule has 2 aromatic carbocycles. The lowest BCUT2D eigenvalue weighted by Crippen LogP contribution is -2.60. The lowest BCUT2D eigenvalue weighted by Gasteiger charge is -2.40. The highest BCUT2D eigenvalue weighted by Gasteiger charge is 2.41. The fourth-order valence-electron chi connectivity index (χ4n) is 6.71. The van der Waals surface area contributed by atoms with E-state index in [9.17, 15) is 13.6 Å². The molecule has 0 unspecified atom stereocenters. The fraction of sp³-hybridized carbons (Fsp3) is 0.378. The van der Waals surface area contributed by atoms with Crippen molar-refractivity contribution in [2.45, 2.75) is 63.4 Å². The zero-order valence-electron chi connectivity index (χ0n) is 27.5. The Balaban J connectivity index is 1.10. The van der Waals surface area contributed by atoms with Crippen LogP contribution >= 0.6 is 23.2 Å². The molecule has 2 fully saturated rings. The van der Waals surface area contributed by atoms with Crippen molar-refractivity contribution in [3.8, 4) is 17.1 Å². The van der Waals surface area contributed by atoms with E-state index in [1.165, 1.54) is 11.6 Å². The smallest absolute Gasteiger partial charge is 0.252 e. The van der Waals surface area contributed by atoms with Crippen LogP contribution in [0.3, 0.4) is 0 Å². The lowest BCUT2D eigenvalue weighted by molar-refractivity contribution is -0.128. The quantitative estimate of drug-likeness (QED) is 0.115. The fourth-order valence-corrected chi connectivity index (χ4v) is 7.13. The number of pyridine rings is 1. The van der Waals surface area contributed by atoms with E-state index in [0.29, 0.717) is 37.0 Å². The van der Waals surface area contributed by atoms with Crippen molar-refractivity contribution < 1.29 is 27.6 Å². The van der Waals surface area contributed by atoms with Gasteiger partial charge in [0.15, 0.2) is 12.4 Å². The summed E-state index contributed by atoms with van der Waals surface area (Å²) >= 11 is 12.7. The number of ether oxygens (including phenoxy) is 2. The Labute approximate surface area is 298 Å². The van der Waals surface area contributed by atoms with E-state index in [-0.39, 0.29) is 52.7 Å². The normalized spacial score (nSPS) is 18.7. The third kappa shape index (κ3) is 7.57. The number of hydrogen-bond acceptors (Lipinski definition) is 8. The molecular weight excluding hydrogens is 687 g/mol. The van der Waals surface area contributed by atoms with Crippen molar-refractivity contribution in [1.29, 1.82) is 0 Å². The zero-order chi connectivity index (χ0) is 34.8. The molecular formula is C37H37Cl2F2N5O4. The minimum absolute atomic E-state index is 0.0132. The average molecular weight is 725 g/mol. The molecule has 2 N–H and O–H groups in total. The first kappa shape index (κ1) is 34.6. The van der Waals surface area contributed by atoms with Crippen molar-refractivity contribution >= 4 is 34.7 Å². The van der Waals surface area contributed by atoms with Crippen molar-refractivity contribution in [3.05, 3.63) is 104 Å². The Morgan fingerprint density at radius 1 is 1.08 bits per heavy atom. The number of nitrogens with one attached hydrogen (secondary N) is 2. The molecule has 0 spiro atoms. The highest BCUT2D eigenvalue weighted by molar-refractivity contribution is 6.33. The summed E-state index contributed by atoms with van der Waals surface area (Å²) in [6.45, 7) is 2.52. The van der Waals surface area contributed by atoms with Gasteiger partial charge in [0.1, 0.15) is 17.3 Å². The summed E-state index contributed by atoms with van der Waals surface area (Å²) < 4.78 is 44.6. The maximum atomic E-state index is 14.6. The summed E-state index contributed by atoms with van der Waals surface area (Å²) in [7, 11) is 1.70. The van der Waals surface area contributed by atoms with Gasteiger partial charge >= 0.3 is 0 Å². The average Bonchev–Trinajstić information content (AvgIpc) is 3.86. The standard InChI is InChI=1S/C37H37Cl2F2N5O4/c1-48-12-2-3-21-4-8-28(38)23(13-21)19-46(25-6-7-25)37(47)34-27(14-24-17-42-18-32(34)44-24)22-5-11-33(43-16-22)49-20-26-15-31(45-50-26)35-29(40)9-10-30(41)36(35)39/h4-5,8-11,13,15-16,24-25,32,42,44H,2-3,6-7,12,14,17-20H2,1H3/t24-,32-/m0/s1. The molecule has 262 valence electrons. The molecule has 2 bridgehead atoms. The molecule has 7 rings (SSSR count). The van der Waals surface area contributed by atoms with Gasteiger partial charge in [-0.25, -0.2) is 13.8 Å². The maximum absolute atomic E-state index is 14.6. The van der Waals surface area contributed by atoms with E-state index in [4.69, 9.17) is 37.2 Å². The van der Waals surface area contributed by atoms with Gasteiger partial charge in [0.25, 0.3) is 5.91 Å². The van der Waals surface area contributed by atoms with Crippen LogP contribution in [0.15, 0.2) is 64.8 Å². The second-order valence-corrected chi connectivity index (χ2v) is 13.7. The number of aryl methyl sites for hydroxylation is 1. The number of piperazine rings is 1. The van der Waals surface area contributed by atoms with Crippen molar-refractivity contribution in [2.75, 3.05) is 26.8 Å². The van der Waals surface area contributed by atoms with Gasteiger partial charge in [-0.3, -0.25) is 4.79 Å². The monoisotopic (exact) mass is 723 g/mol. The van der Waals surface area contributed by atoms with Crippen LogP contribution in [-0.4, -0.2) is 65.9 Å². The van der Waals surface area contributed by atoms with Gasteiger partial charge in [0.05, 0.1) is 16.6 Å². The Kier molecular flexibility index (Phi) is 10.5. The number of hydrogen-bond donors (Lipinski definition) is 2. The topological polar surface area (TPSA) is 102 Å². The highest BCUT2D eigenvalue weighted by Crippen LogP contribution is 2.37. The van der Waals surface area contributed by atoms with Gasteiger partial charge in [-0.1, -0.05) is 40.5 Å². The van der Waals surface area contributed by atoms with Gasteiger partial charge in [-0.2, -0.15) is 0 Å². The number of nitrogens with zero attached hydrogens (tertiary/aromatic N) is 3. The molecule has 4 aromatic rings. The third-order valence-electron chi connectivity index (χ3n) is 9.35. The molecule has 1 saturated heterocycles. The number of benzene rings is 2. The van der Waals surface area contributed by atoms with Gasteiger partial charge in [-0.15, -0.1) is 0 Å². The lowest BCUT2D eigenvalue weighted by atomic mass is 9.84. The number of amides is 1. The van der Waals surface area contributed by atoms with E-state index in [1.54, 1.807) is 19.4 Å². The number of methoxy groups -OCH3 is 1. The first-order valence-electron chi connectivity index (χ1n) is 16.7. The summed E-state index contributed by atoms with van der Waals surface area (Å²) in [6.07, 6.45) is 6.10. The first-order chi connectivity index (χ1) is 24.3. The summed E-state index contributed by atoms with van der Waals surface area (Å²) in [4.78, 5) is 21.1. The van der Waals surface area contributed by atoms with E-state index >= 15 is 0 Å². The molecule has 50 heavy (non-hydrogen) atoms. The number of halogens is 4. The Bertz CT molecular complexity index is 1900. The predicted molar refractivity (Wildman–Crippen MR) is 186 cm³/mol. The maximum Gasteiger partial charge on any atom is 0.252 e. The molecule has 0 radical (unpaired) electrons. The molecule has 1 saturated carbocycles. The molecule has 1 aliphatic carbocycles. The molecule has 13 heteroatoms. The largest absolute Gasteiger partial charge is 0.469 e. The molecule has 4 heterocycles. The second kappa shape index (κ2) is 15.2. The molecule has 2 atom stereocenters. The van der Waals surface area contributed by atoms with Gasteiger partial charge < -0.3 is 29.5 Å². The zero-order valence-corrected chi connectivity index (χ0v) is 29.0. The van der Waals surface area contributed by atoms with E-state index in [2.05, 4.69) is 26.8 Å². The first-order valence-corrected chi connectivity index (χ1v) is 17.5. The number of carbonyl (C=O) groups is 1. The van der Waals surface area contributed by atoms with Crippen LogP contribution in [0.5, 0.6) is 5.88 Å². The van der Waals surface area contributed by atoms with Crippen LogP contribution in [0.4, 0.5) is 8.78 Å². The molecule has 3 aliphatic rings. The third-order valence-corrected chi connectivity index (χ3v) is 10.1. The highest BCUT2D eigenvalue weighted by atomic mass is 35.5.